The molecule has 2 N–H and O–H groups in total. The van der Waals surface area contributed by atoms with E-state index in [0.717, 1.165) is 12.0 Å². The molecule has 0 radical (unpaired) electrons. The highest BCUT2D eigenvalue weighted by Gasteiger charge is 2.20. The molecule has 0 amide bonds. The maximum Gasteiger partial charge on any atom is 0.305 e. The van der Waals surface area contributed by atoms with Crippen LogP contribution >= 0.6 is 0 Å². The molecule has 0 heterocycles. The van der Waals surface area contributed by atoms with Gasteiger partial charge in [0, 0.05) is 18.5 Å². The summed E-state index contributed by atoms with van der Waals surface area (Å²) >= 11 is 0. The number of carbonyl (C=O) groups is 1. The lowest BCUT2D eigenvalue weighted by Gasteiger charge is -2.28. The minimum Gasteiger partial charge on any atom is -0.489 e. The molecule has 1 atom stereocenters. The monoisotopic (exact) mass is 488 g/mol. The summed E-state index contributed by atoms with van der Waals surface area (Å²) in [4.78, 5) is 11.5. The first-order valence-corrected chi connectivity index (χ1v) is 12.5. The first kappa shape index (κ1) is 27.2. The molecule has 190 valence electrons. The van der Waals surface area contributed by atoms with E-state index in [2.05, 4.69) is 55.6 Å². The normalized spacial score (nSPS) is 12.2. The molecule has 0 aromatic heterocycles. The lowest BCUT2D eigenvalue weighted by atomic mass is 9.93. The Morgan fingerprint density at radius 1 is 1.08 bits per heavy atom. The number of aliphatic hydroxyl groups excluding tert-OH is 1. The number of β-amino-alcohol motifs (C(OH)–C–C–N with tert-alkyl or cyclic N) is 1. The van der Waals surface area contributed by atoms with Crippen molar-refractivity contribution in [3.8, 4) is 11.8 Å². The number of fused-ring (bicyclic) bond motifs is 1. The fourth-order valence-electron chi connectivity index (χ4n) is 4.16. The number of nitrogens with zero attached hydrogens (tertiary/aromatic N) is 1. The number of esters is 1. The number of nitrogens with one attached hydrogen (secondary N) is 1. The average molecular weight is 489 g/mol. The average Bonchev–Trinajstić information content (AvgIpc) is 2.86. The largest absolute Gasteiger partial charge is 0.489 e. The summed E-state index contributed by atoms with van der Waals surface area (Å²) in [5, 5.41) is 25.9. The van der Waals surface area contributed by atoms with Crippen LogP contribution in [-0.4, -0.2) is 42.5 Å². The SMILES string of the molecule is CCOC(=O)CCCc1ccc(C#N)c(OCC(O)CNC(C)(C)Cc2ccc3ccccc3c2)c1. The minimum atomic E-state index is -0.736. The smallest absolute Gasteiger partial charge is 0.305 e. The van der Waals surface area contributed by atoms with Crippen LogP contribution in [0.5, 0.6) is 5.75 Å². The van der Waals surface area contributed by atoms with Crippen LogP contribution in [0.1, 0.15) is 50.3 Å². The molecular weight excluding hydrogens is 452 g/mol. The van der Waals surface area contributed by atoms with Crippen molar-refractivity contribution in [2.75, 3.05) is 19.8 Å². The Morgan fingerprint density at radius 3 is 2.58 bits per heavy atom. The second-order valence-corrected chi connectivity index (χ2v) is 9.69. The Balaban J connectivity index is 1.50. The number of aliphatic hydroxyl groups is 1. The molecule has 0 aliphatic carbocycles. The van der Waals surface area contributed by atoms with Crippen molar-refractivity contribution in [1.29, 1.82) is 5.26 Å². The summed E-state index contributed by atoms with van der Waals surface area (Å²) in [7, 11) is 0. The van der Waals surface area contributed by atoms with Crippen molar-refractivity contribution < 1.29 is 19.4 Å². The number of nitriles is 1. The van der Waals surface area contributed by atoms with Crippen LogP contribution in [0.3, 0.4) is 0 Å². The van der Waals surface area contributed by atoms with Gasteiger partial charge in [0.2, 0.25) is 0 Å². The maximum atomic E-state index is 11.5. The van der Waals surface area contributed by atoms with Gasteiger partial charge in [0.1, 0.15) is 24.5 Å². The fourth-order valence-corrected chi connectivity index (χ4v) is 4.16. The van der Waals surface area contributed by atoms with Crippen molar-refractivity contribution in [1.82, 2.24) is 5.32 Å². The van der Waals surface area contributed by atoms with Gasteiger partial charge >= 0.3 is 5.97 Å². The summed E-state index contributed by atoms with van der Waals surface area (Å²) in [6.07, 6.45) is 1.76. The van der Waals surface area contributed by atoms with Gasteiger partial charge in [0.05, 0.1) is 12.2 Å². The van der Waals surface area contributed by atoms with Gasteiger partial charge in [-0.3, -0.25) is 4.79 Å². The minimum absolute atomic E-state index is 0.0695. The second-order valence-electron chi connectivity index (χ2n) is 9.69. The number of hydrogen-bond donors (Lipinski definition) is 2. The topological polar surface area (TPSA) is 91.6 Å². The molecule has 6 nitrogen and oxygen atoms in total. The van der Waals surface area contributed by atoms with Crippen LogP contribution in [0.15, 0.2) is 60.7 Å². The molecule has 0 saturated carbocycles. The van der Waals surface area contributed by atoms with E-state index >= 15 is 0 Å². The highest BCUT2D eigenvalue weighted by molar-refractivity contribution is 5.83. The zero-order chi connectivity index (χ0) is 26.0. The predicted octanol–water partition coefficient (Wildman–Crippen LogP) is 4.95. The van der Waals surface area contributed by atoms with E-state index in [1.165, 1.54) is 16.3 Å². The van der Waals surface area contributed by atoms with E-state index in [4.69, 9.17) is 9.47 Å². The molecule has 3 aromatic carbocycles. The van der Waals surface area contributed by atoms with Gasteiger partial charge in [-0.1, -0.05) is 48.5 Å². The lowest BCUT2D eigenvalue weighted by molar-refractivity contribution is -0.143. The highest BCUT2D eigenvalue weighted by Crippen LogP contribution is 2.22. The van der Waals surface area contributed by atoms with Crippen LogP contribution in [0, 0.1) is 11.3 Å². The van der Waals surface area contributed by atoms with Gasteiger partial charge in [-0.15, -0.1) is 0 Å². The number of rotatable bonds is 13. The molecule has 0 aliphatic rings. The van der Waals surface area contributed by atoms with Crippen molar-refractivity contribution >= 4 is 16.7 Å². The maximum absolute atomic E-state index is 11.5. The third-order valence-electron chi connectivity index (χ3n) is 6.03. The fraction of sp³-hybridized carbons (Fsp3) is 0.400. The van der Waals surface area contributed by atoms with Gasteiger partial charge in [-0.2, -0.15) is 5.26 Å². The zero-order valence-electron chi connectivity index (χ0n) is 21.4. The second kappa shape index (κ2) is 13.1. The molecule has 1 unspecified atom stereocenters. The highest BCUT2D eigenvalue weighted by atomic mass is 16.5. The van der Waals surface area contributed by atoms with E-state index in [1.54, 1.807) is 13.0 Å². The van der Waals surface area contributed by atoms with Crippen LogP contribution < -0.4 is 10.1 Å². The van der Waals surface area contributed by atoms with Gasteiger partial charge in [-0.05, 0) is 74.1 Å². The standard InChI is InChI=1S/C30H36N2O4/c1-4-35-29(34)11-7-8-22-12-15-26(19-31)28(17-22)36-21-27(33)20-32-30(2,3)18-23-13-14-24-9-5-6-10-25(24)16-23/h5-6,9-10,12-17,27,32-33H,4,7-8,11,18,20-21H2,1-3H3. The van der Waals surface area contributed by atoms with E-state index in [9.17, 15) is 15.2 Å². The van der Waals surface area contributed by atoms with Crippen molar-refractivity contribution in [2.45, 2.75) is 58.1 Å². The summed E-state index contributed by atoms with van der Waals surface area (Å²) in [5.41, 5.74) is 2.40. The van der Waals surface area contributed by atoms with E-state index in [1.807, 2.05) is 24.3 Å². The molecular formula is C30H36N2O4. The number of carbonyl (C=O) groups excluding carboxylic acids is 1. The van der Waals surface area contributed by atoms with E-state index in [-0.39, 0.29) is 18.1 Å². The molecule has 0 saturated heterocycles. The van der Waals surface area contributed by atoms with Crippen LogP contribution in [-0.2, 0) is 22.4 Å². The predicted molar refractivity (Wildman–Crippen MR) is 142 cm³/mol. The Morgan fingerprint density at radius 2 is 1.83 bits per heavy atom. The summed E-state index contributed by atoms with van der Waals surface area (Å²) in [6, 6.07) is 22.3. The first-order chi connectivity index (χ1) is 17.3. The van der Waals surface area contributed by atoms with E-state index in [0.29, 0.717) is 43.7 Å². The third-order valence-corrected chi connectivity index (χ3v) is 6.03. The first-order valence-electron chi connectivity index (χ1n) is 12.5. The van der Waals surface area contributed by atoms with Crippen molar-refractivity contribution in [2.24, 2.45) is 0 Å². The van der Waals surface area contributed by atoms with Crippen LogP contribution in [0.25, 0.3) is 10.8 Å². The van der Waals surface area contributed by atoms with Crippen molar-refractivity contribution in [3.63, 3.8) is 0 Å². The summed E-state index contributed by atoms with van der Waals surface area (Å²) in [5.74, 6) is 0.238. The third kappa shape index (κ3) is 8.37. The number of ether oxygens (including phenoxy) is 2. The Kier molecular flexibility index (Phi) is 9.86. The van der Waals surface area contributed by atoms with Crippen molar-refractivity contribution in [3.05, 3.63) is 77.4 Å². The molecule has 0 aliphatic heterocycles. The molecule has 36 heavy (non-hydrogen) atoms. The summed E-state index contributed by atoms with van der Waals surface area (Å²) in [6.45, 7) is 6.83. The molecule has 6 heteroatoms. The van der Waals surface area contributed by atoms with Gasteiger partial charge < -0.3 is 19.9 Å². The molecule has 0 bridgehead atoms. The molecule has 0 fully saturated rings. The zero-order valence-corrected chi connectivity index (χ0v) is 21.4. The Bertz CT molecular complexity index is 1200. The van der Waals surface area contributed by atoms with E-state index < -0.39 is 6.10 Å². The molecule has 3 rings (SSSR count). The van der Waals surface area contributed by atoms with Gasteiger partial charge in [0.15, 0.2) is 0 Å². The molecule has 0 spiro atoms. The Hall–Kier alpha value is -3.40. The number of aryl methyl sites for hydroxylation is 1. The summed E-state index contributed by atoms with van der Waals surface area (Å²) < 4.78 is 10.8. The molecule has 3 aromatic rings. The van der Waals surface area contributed by atoms with Crippen LogP contribution in [0.4, 0.5) is 0 Å². The number of hydrogen-bond acceptors (Lipinski definition) is 6. The Labute approximate surface area is 213 Å². The quantitative estimate of drug-likeness (QED) is 0.331. The van der Waals surface area contributed by atoms with Gasteiger partial charge in [0.25, 0.3) is 0 Å². The lowest BCUT2D eigenvalue weighted by Crippen LogP contribution is -2.46. The van der Waals surface area contributed by atoms with Crippen LogP contribution in [0.2, 0.25) is 0 Å². The number of benzene rings is 3. The van der Waals surface area contributed by atoms with Gasteiger partial charge in [-0.25, -0.2) is 0 Å².